The minimum atomic E-state index is -0.240. The van der Waals surface area contributed by atoms with Crippen molar-refractivity contribution in [1.29, 1.82) is 0 Å². The van der Waals surface area contributed by atoms with Crippen LogP contribution in [0.3, 0.4) is 0 Å². The second-order valence-corrected chi connectivity index (χ2v) is 4.49. The molecule has 0 aliphatic carbocycles. The molecule has 4 heteroatoms. The zero-order chi connectivity index (χ0) is 13.4. The lowest BCUT2D eigenvalue weighted by Gasteiger charge is -2.24. The number of hydrogen-bond donors (Lipinski definition) is 1. The smallest absolute Gasteiger partial charge is 0.240 e. The van der Waals surface area contributed by atoms with Gasteiger partial charge >= 0.3 is 0 Å². The fourth-order valence-electron chi connectivity index (χ4n) is 2.04. The number of nitrogens with one attached hydrogen (secondary N) is 1. The molecule has 1 N–H and O–H groups in total. The van der Waals surface area contributed by atoms with E-state index in [4.69, 9.17) is 0 Å². The van der Waals surface area contributed by atoms with Crippen LogP contribution < -0.4 is 5.32 Å². The van der Waals surface area contributed by atoms with E-state index in [1.165, 1.54) is 0 Å². The van der Waals surface area contributed by atoms with Gasteiger partial charge in [0.05, 0.1) is 12.1 Å². The number of likely N-dealkylation sites (tertiary alicyclic amines) is 1. The van der Waals surface area contributed by atoms with E-state index in [2.05, 4.69) is 19.2 Å². The summed E-state index contributed by atoms with van der Waals surface area (Å²) < 4.78 is 0. The Morgan fingerprint density at radius 3 is 2.41 bits per heavy atom. The predicted octanol–water partition coefficient (Wildman–Crippen LogP) is 1.45. The van der Waals surface area contributed by atoms with E-state index in [1.807, 2.05) is 13.8 Å². The molecule has 0 bridgehead atoms. The minimum Gasteiger partial charge on any atom is -0.332 e. The first-order valence-corrected chi connectivity index (χ1v) is 6.53. The van der Waals surface area contributed by atoms with Crippen molar-refractivity contribution in [2.24, 2.45) is 5.92 Å². The Balaban J connectivity index is 0.00000121. The van der Waals surface area contributed by atoms with Gasteiger partial charge in [-0.1, -0.05) is 27.7 Å². The molecule has 1 rings (SSSR count). The zero-order valence-corrected chi connectivity index (χ0v) is 11.7. The Labute approximate surface area is 105 Å². The van der Waals surface area contributed by atoms with Gasteiger partial charge in [0.1, 0.15) is 6.29 Å². The van der Waals surface area contributed by atoms with E-state index in [-0.39, 0.29) is 18.0 Å². The van der Waals surface area contributed by atoms with E-state index < -0.39 is 0 Å². The maximum Gasteiger partial charge on any atom is 0.240 e. The van der Waals surface area contributed by atoms with Gasteiger partial charge in [0.2, 0.25) is 5.91 Å². The second-order valence-electron chi connectivity index (χ2n) is 4.49. The molecule has 0 aromatic rings. The number of hydrogen-bond acceptors (Lipinski definition) is 3. The van der Waals surface area contributed by atoms with Crippen molar-refractivity contribution < 1.29 is 9.59 Å². The van der Waals surface area contributed by atoms with E-state index in [0.717, 1.165) is 19.1 Å². The van der Waals surface area contributed by atoms with Gasteiger partial charge in [0.25, 0.3) is 0 Å². The summed E-state index contributed by atoms with van der Waals surface area (Å²) in [5.74, 6) is 0.497. The highest BCUT2D eigenvalue weighted by Gasteiger charge is 2.34. The Morgan fingerprint density at radius 2 is 2.06 bits per heavy atom. The molecule has 0 spiro atoms. The van der Waals surface area contributed by atoms with E-state index in [1.54, 1.807) is 11.9 Å². The van der Waals surface area contributed by atoms with E-state index in [9.17, 15) is 9.59 Å². The van der Waals surface area contributed by atoms with Gasteiger partial charge in [-0.25, -0.2) is 0 Å². The molecule has 0 saturated carbocycles. The van der Waals surface area contributed by atoms with Crippen molar-refractivity contribution in [3.8, 4) is 0 Å². The van der Waals surface area contributed by atoms with Crippen molar-refractivity contribution >= 4 is 12.2 Å². The first kappa shape index (κ1) is 16.1. The molecule has 1 aliphatic rings. The molecule has 1 aliphatic heterocycles. The SMILES string of the molecule is CC.CN[C@H]1CCN([C@H](C=O)CC(C)C)C1=O. The molecule has 1 saturated heterocycles. The van der Waals surface area contributed by atoms with Gasteiger partial charge in [-0.3, -0.25) is 4.79 Å². The maximum absolute atomic E-state index is 11.8. The standard InChI is InChI=1S/C11H20N2O2.C2H6/c1-8(2)6-9(7-14)13-5-4-10(12-3)11(13)15;1-2/h7-10,12H,4-6H2,1-3H3;1-2H3/t9-,10-;/m0./s1. The highest BCUT2D eigenvalue weighted by atomic mass is 16.2. The lowest BCUT2D eigenvalue weighted by atomic mass is 10.0. The van der Waals surface area contributed by atoms with Crippen molar-refractivity contribution in [1.82, 2.24) is 10.2 Å². The van der Waals surface area contributed by atoms with Crippen molar-refractivity contribution in [3.05, 3.63) is 0 Å². The molecule has 1 fully saturated rings. The third kappa shape index (κ3) is 4.46. The summed E-state index contributed by atoms with van der Waals surface area (Å²) in [7, 11) is 1.78. The van der Waals surface area contributed by atoms with Crippen LogP contribution in [-0.2, 0) is 9.59 Å². The molecule has 2 atom stereocenters. The zero-order valence-electron chi connectivity index (χ0n) is 11.7. The maximum atomic E-state index is 11.8. The fraction of sp³-hybridized carbons (Fsp3) is 0.846. The van der Waals surface area contributed by atoms with Crippen LogP contribution >= 0.6 is 0 Å². The van der Waals surface area contributed by atoms with E-state index in [0.29, 0.717) is 12.5 Å². The summed E-state index contributed by atoms with van der Waals surface area (Å²) in [5, 5.41) is 2.97. The Bertz CT molecular complexity index is 242. The first-order valence-electron chi connectivity index (χ1n) is 6.53. The van der Waals surface area contributed by atoms with Gasteiger partial charge in [0, 0.05) is 6.54 Å². The van der Waals surface area contributed by atoms with Crippen LogP contribution in [0.15, 0.2) is 0 Å². The van der Waals surface area contributed by atoms with Gasteiger partial charge in [0.15, 0.2) is 0 Å². The number of likely N-dealkylation sites (N-methyl/N-ethyl adjacent to an activating group) is 1. The summed E-state index contributed by atoms with van der Waals surface area (Å²) in [6.07, 6.45) is 2.46. The Kier molecular flexibility index (Phi) is 7.79. The summed E-state index contributed by atoms with van der Waals surface area (Å²) in [4.78, 5) is 24.5. The molecule has 0 aromatic heterocycles. The van der Waals surface area contributed by atoms with E-state index >= 15 is 0 Å². The monoisotopic (exact) mass is 242 g/mol. The highest BCUT2D eigenvalue weighted by molar-refractivity contribution is 5.86. The predicted molar refractivity (Wildman–Crippen MR) is 69.8 cm³/mol. The first-order chi connectivity index (χ1) is 8.10. The number of rotatable bonds is 5. The highest BCUT2D eigenvalue weighted by Crippen LogP contribution is 2.18. The lowest BCUT2D eigenvalue weighted by Crippen LogP contribution is -2.43. The summed E-state index contributed by atoms with van der Waals surface area (Å²) in [6.45, 7) is 8.82. The summed E-state index contributed by atoms with van der Waals surface area (Å²) >= 11 is 0. The number of amides is 1. The van der Waals surface area contributed by atoms with Crippen molar-refractivity contribution in [2.75, 3.05) is 13.6 Å². The fourth-order valence-corrected chi connectivity index (χ4v) is 2.04. The molecule has 1 heterocycles. The Morgan fingerprint density at radius 1 is 1.47 bits per heavy atom. The molecule has 17 heavy (non-hydrogen) atoms. The molecule has 100 valence electrons. The van der Waals surface area contributed by atoms with Crippen LogP contribution in [-0.4, -0.2) is 42.8 Å². The Hall–Kier alpha value is -0.900. The summed E-state index contributed by atoms with van der Waals surface area (Å²) in [6, 6.07) is -0.338. The average molecular weight is 242 g/mol. The molecular formula is C13H26N2O2. The van der Waals surface area contributed by atoms with Crippen molar-refractivity contribution in [3.63, 3.8) is 0 Å². The number of carbonyl (C=O) groups is 2. The number of carbonyl (C=O) groups excluding carboxylic acids is 2. The molecule has 0 radical (unpaired) electrons. The minimum absolute atomic E-state index is 0.0650. The normalized spacial score (nSPS) is 21.2. The summed E-state index contributed by atoms with van der Waals surface area (Å²) in [5.41, 5.74) is 0. The van der Waals surface area contributed by atoms with Gasteiger partial charge in [-0.2, -0.15) is 0 Å². The van der Waals surface area contributed by atoms with Crippen LogP contribution in [0, 0.1) is 5.92 Å². The average Bonchev–Trinajstić information content (AvgIpc) is 2.70. The van der Waals surface area contributed by atoms with Crippen LogP contribution in [0.25, 0.3) is 0 Å². The third-order valence-corrected chi connectivity index (χ3v) is 2.86. The molecule has 4 nitrogen and oxygen atoms in total. The van der Waals surface area contributed by atoms with Gasteiger partial charge in [-0.15, -0.1) is 0 Å². The molecule has 0 aromatic carbocycles. The molecule has 1 amide bonds. The number of nitrogens with zero attached hydrogens (tertiary/aromatic N) is 1. The lowest BCUT2D eigenvalue weighted by molar-refractivity contribution is -0.134. The van der Waals surface area contributed by atoms with Crippen LogP contribution in [0.5, 0.6) is 0 Å². The quantitative estimate of drug-likeness (QED) is 0.742. The number of aldehydes is 1. The van der Waals surface area contributed by atoms with Crippen LogP contribution in [0.1, 0.15) is 40.5 Å². The van der Waals surface area contributed by atoms with Gasteiger partial charge < -0.3 is 15.0 Å². The topological polar surface area (TPSA) is 49.4 Å². The second kappa shape index (κ2) is 8.23. The molecule has 0 unspecified atom stereocenters. The van der Waals surface area contributed by atoms with Crippen LogP contribution in [0.4, 0.5) is 0 Å². The largest absolute Gasteiger partial charge is 0.332 e. The third-order valence-electron chi connectivity index (χ3n) is 2.86. The van der Waals surface area contributed by atoms with Crippen molar-refractivity contribution in [2.45, 2.75) is 52.6 Å². The van der Waals surface area contributed by atoms with Crippen LogP contribution in [0.2, 0.25) is 0 Å². The molecular weight excluding hydrogens is 216 g/mol. The van der Waals surface area contributed by atoms with Gasteiger partial charge in [-0.05, 0) is 25.8 Å².